The van der Waals surface area contributed by atoms with Crippen molar-refractivity contribution in [1.29, 1.82) is 0 Å². The lowest BCUT2D eigenvalue weighted by Crippen LogP contribution is -2.26. The quantitative estimate of drug-likeness (QED) is 0.298. The van der Waals surface area contributed by atoms with Gasteiger partial charge in [-0.25, -0.2) is 0 Å². The van der Waals surface area contributed by atoms with Gasteiger partial charge >= 0.3 is 0 Å². The molecular weight excluding hydrogens is 212 g/mol. The Morgan fingerprint density at radius 2 is 1.65 bits per heavy atom. The van der Waals surface area contributed by atoms with Crippen LogP contribution in [0.2, 0.25) is 0 Å². The van der Waals surface area contributed by atoms with E-state index in [2.05, 4.69) is 9.98 Å². The summed E-state index contributed by atoms with van der Waals surface area (Å²) in [6.45, 7) is 0.464. The molecule has 84 valence electrons. The highest BCUT2D eigenvalue weighted by Gasteiger charge is 1.96. The van der Waals surface area contributed by atoms with E-state index in [9.17, 15) is 0 Å². The van der Waals surface area contributed by atoms with E-state index in [-0.39, 0.29) is 11.9 Å². The van der Waals surface area contributed by atoms with E-state index in [1.54, 1.807) is 6.07 Å². The lowest BCUT2D eigenvalue weighted by molar-refractivity contribution is 0.964. The molecule has 0 saturated carbocycles. The SMILES string of the molecule is [B]c1cc([B])cc(CCN=C(N)N=C(N)N)c1. The third-order valence-corrected chi connectivity index (χ3v) is 1.96. The molecule has 7 heteroatoms. The smallest absolute Gasteiger partial charge is 0.218 e. The standard InChI is InChI=1S/C10H13B2N5/c11-7-3-6(4-8(12)5-7)1-2-16-10(15)17-9(13)14/h3-5H,1-2H2,(H6,13,14,15,16,17). The lowest BCUT2D eigenvalue weighted by atomic mass is 9.85. The number of hydrogen-bond donors (Lipinski definition) is 3. The fourth-order valence-electron chi connectivity index (χ4n) is 1.36. The molecule has 0 aliphatic carbocycles. The number of benzene rings is 1. The van der Waals surface area contributed by atoms with Gasteiger partial charge in [0.2, 0.25) is 5.96 Å². The van der Waals surface area contributed by atoms with E-state index < -0.39 is 0 Å². The average molecular weight is 225 g/mol. The van der Waals surface area contributed by atoms with Gasteiger partial charge in [-0.15, -0.1) is 0 Å². The molecule has 0 amide bonds. The Balaban J connectivity index is 2.59. The minimum atomic E-state index is -0.112. The van der Waals surface area contributed by atoms with Crippen molar-refractivity contribution < 1.29 is 0 Å². The van der Waals surface area contributed by atoms with Crippen LogP contribution in [0.5, 0.6) is 0 Å². The summed E-state index contributed by atoms with van der Waals surface area (Å²) >= 11 is 0. The molecule has 6 N–H and O–H groups in total. The molecule has 0 atom stereocenters. The highest BCUT2D eigenvalue weighted by Crippen LogP contribution is 1.96. The second-order valence-corrected chi connectivity index (χ2v) is 3.53. The Kier molecular flexibility index (Phi) is 4.63. The summed E-state index contributed by atoms with van der Waals surface area (Å²) < 4.78 is 0. The van der Waals surface area contributed by atoms with Gasteiger partial charge in [0.05, 0.1) is 0 Å². The molecule has 0 aromatic heterocycles. The molecule has 5 nitrogen and oxygen atoms in total. The van der Waals surface area contributed by atoms with Gasteiger partial charge in [-0.2, -0.15) is 4.99 Å². The van der Waals surface area contributed by atoms with Gasteiger partial charge in [-0.3, -0.25) is 4.99 Å². The summed E-state index contributed by atoms with van der Waals surface area (Å²) in [5, 5.41) is 0. The van der Waals surface area contributed by atoms with E-state index in [0.29, 0.717) is 23.9 Å². The maximum absolute atomic E-state index is 5.66. The topological polar surface area (TPSA) is 103 Å². The van der Waals surface area contributed by atoms with Crippen LogP contribution in [0, 0.1) is 0 Å². The normalized spacial score (nSPS) is 11.2. The third kappa shape index (κ3) is 5.10. The molecule has 1 rings (SSSR count). The van der Waals surface area contributed by atoms with Crippen LogP contribution >= 0.6 is 0 Å². The third-order valence-electron chi connectivity index (χ3n) is 1.96. The zero-order valence-corrected chi connectivity index (χ0v) is 9.43. The maximum atomic E-state index is 5.66. The van der Waals surface area contributed by atoms with Crippen molar-refractivity contribution in [2.75, 3.05) is 6.54 Å². The van der Waals surface area contributed by atoms with Crippen molar-refractivity contribution in [1.82, 2.24) is 0 Å². The first-order valence-corrected chi connectivity index (χ1v) is 5.02. The van der Waals surface area contributed by atoms with Crippen LogP contribution < -0.4 is 28.1 Å². The second-order valence-electron chi connectivity index (χ2n) is 3.53. The van der Waals surface area contributed by atoms with E-state index >= 15 is 0 Å². The van der Waals surface area contributed by atoms with E-state index in [1.807, 2.05) is 12.1 Å². The van der Waals surface area contributed by atoms with Crippen molar-refractivity contribution in [3.63, 3.8) is 0 Å². The van der Waals surface area contributed by atoms with E-state index in [1.165, 1.54) is 0 Å². The average Bonchev–Trinajstić information content (AvgIpc) is 2.14. The predicted molar refractivity (Wildman–Crippen MR) is 73.2 cm³/mol. The highest BCUT2D eigenvalue weighted by molar-refractivity contribution is 6.37. The van der Waals surface area contributed by atoms with Crippen LogP contribution in [-0.2, 0) is 6.42 Å². The van der Waals surface area contributed by atoms with Crippen LogP contribution in [0.25, 0.3) is 0 Å². The zero-order valence-electron chi connectivity index (χ0n) is 9.43. The summed E-state index contributed by atoms with van der Waals surface area (Å²) in [6, 6.07) is 5.37. The Hall–Kier alpha value is -1.91. The van der Waals surface area contributed by atoms with Crippen LogP contribution in [0.4, 0.5) is 0 Å². The minimum absolute atomic E-state index is 0.0573. The molecule has 0 spiro atoms. The minimum Gasteiger partial charge on any atom is -0.370 e. The molecule has 17 heavy (non-hydrogen) atoms. The molecule has 0 fully saturated rings. The monoisotopic (exact) mass is 225 g/mol. The molecule has 0 heterocycles. The second kappa shape index (κ2) is 5.98. The van der Waals surface area contributed by atoms with Crippen LogP contribution in [0.1, 0.15) is 5.56 Å². The summed E-state index contributed by atoms with van der Waals surface area (Å²) in [4.78, 5) is 7.58. The number of guanidine groups is 2. The lowest BCUT2D eigenvalue weighted by Gasteiger charge is -2.03. The van der Waals surface area contributed by atoms with Gasteiger partial charge in [-0.05, 0) is 12.0 Å². The molecule has 0 bridgehead atoms. The fraction of sp³-hybridized carbons (Fsp3) is 0.200. The molecule has 0 unspecified atom stereocenters. The number of rotatable bonds is 3. The van der Waals surface area contributed by atoms with Crippen molar-refractivity contribution in [2.45, 2.75) is 6.42 Å². The Morgan fingerprint density at radius 3 is 2.18 bits per heavy atom. The van der Waals surface area contributed by atoms with Crippen LogP contribution in [0.3, 0.4) is 0 Å². The van der Waals surface area contributed by atoms with Gasteiger partial charge in [0.15, 0.2) is 5.96 Å². The largest absolute Gasteiger partial charge is 0.370 e. The molecule has 0 aliphatic rings. The Bertz CT molecular complexity index is 432. The first kappa shape index (κ1) is 13.2. The number of nitrogens with zero attached hydrogens (tertiary/aromatic N) is 2. The van der Waals surface area contributed by atoms with Crippen molar-refractivity contribution in [3.8, 4) is 0 Å². The van der Waals surface area contributed by atoms with Crippen LogP contribution in [-0.4, -0.2) is 34.2 Å². The molecule has 0 aliphatic heterocycles. The fourth-order valence-corrected chi connectivity index (χ4v) is 1.36. The molecular formula is C10H13B2N5. The molecule has 4 radical (unpaired) electrons. The van der Waals surface area contributed by atoms with Crippen molar-refractivity contribution in [3.05, 3.63) is 23.8 Å². The van der Waals surface area contributed by atoms with Gasteiger partial charge in [0.1, 0.15) is 15.7 Å². The van der Waals surface area contributed by atoms with Gasteiger partial charge in [0.25, 0.3) is 0 Å². The summed E-state index contributed by atoms with van der Waals surface area (Å²) in [5.41, 5.74) is 18.0. The van der Waals surface area contributed by atoms with E-state index in [4.69, 9.17) is 32.9 Å². The predicted octanol–water partition coefficient (Wildman–Crippen LogP) is -2.60. The number of aliphatic imine (C=N–C) groups is 2. The zero-order chi connectivity index (χ0) is 12.8. The number of nitrogens with two attached hydrogens (primary N) is 3. The van der Waals surface area contributed by atoms with E-state index in [0.717, 1.165) is 5.56 Å². The Labute approximate surface area is 103 Å². The van der Waals surface area contributed by atoms with Gasteiger partial charge < -0.3 is 17.2 Å². The first-order valence-electron chi connectivity index (χ1n) is 5.02. The summed E-state index contributed by atoms with van der Waals surface area (Å²) in [7, 11) is 11.3. The maximum Gasteiger partial charge on any atom is 0.218 e. The summed E-state index contributed by atoms with van der Waals surface area (Å²) in [5.74, 6) is -0.0543. The Morgan fingerprint density at radius 1 is 1.06 bits per heavy atom. The molecule has 1 aromatic carbocycles. The molecule has 1 aromatic rings. The number of hydrogen-bond acceptors (Lipinski definition) is 1. The van der Waals surface area contributed by atoms with Crippen molar-refractivity contribution in [2.24, 2.45) is 27.2 Å². The first-order chi connectivity index (χ1) is 7.97. The van der Waals surface area contributed by atoms with Gasteiger partial charge in [0, 0.05) is 6.54 Å². The summed E-state index contributed by atoms with van der Waals surface area (Å²) in [6.07, 6.45) is 0.663. The highest BCUT2D eigenvalue weighted by atomic mass is 15.1. The van der Waals surface area contributed by atoms with Gasteiger partial charge in [-0.1, -0.05) is 29.1 Å². The molecule has 0 saturated heterocycles. The van der Waals surface area contributed by atoms with Crippen molar-refractivity contribution >= 4 is 38.5 Å². The van der Waals surface area contributed by atoms with Crippen LogP contribution in [0.15, 0.2) is 28.2 Å².